The minimum atomic E-state index is -1.88. The highest BCUT2D eigenvalue weighted by atomic mass is 31.2. The van der Waals surface area contributed by atoms with Crippen molar-refractivity contribution in [2.45, 2.75) is 6.16 Å². The average Bonchev–Trinajstić information content (AvgIpc) is 2.80. The van der Waals surface area contributed by atoms with Gasteiger partial charge in [-0.1, -0.05) is 103 Å². The predicted octanol–water partition coefficient (Wildman–Crippen LogP) is 5.05. The molecule has 135 valence electrons. The summed E-state index contributed by atoms with van der Waals surface area (Å²) in [7, 11) is -1.88. The Morgan fingerprint density at radius 2 is 0.929 bits per heavy atom. The van der Waals surface area contributed by atoms with Gasteiger partial charge < -0.3 is 0 Å². The van der Waals surface area contributed by atoms with Gasteiger partial charge in [0.25, 0.3) is 0 Å². The van der Waals surface area contributed by atoms with E-state index in [-0.39, 0.29) is 0 Å². The van der Waals surface area contributed by atoms with Crippen LogP contribution in [0.2, 0.25) is 0 Å². The van der Waals surface area contributed by atoms with Gasteiger partial charge in [-0.3, -0.25) is 0 Å². The average molecular weight is 378 g/mol. The maximum Gasteiger partial charge on any atom is 0.0991 e. The molecule has 2 heteroatoms. The Labute approximate surface area is 167 Å². The van der Waals surface area contributed by atoms with Crippen molar-refractivity contribution in [3.63, 3.8) is 0 Å². The van der Waals surface area contributed by atoms with E-state index in [1.165, 1.54) is 21.5 Å². The van der Waals surface area contributed by atoms with Crippen molar-refractivity contribution in [3.05, 3.63) is 126 Å². The molecule has 0 aliphatic carbocycles. The maximum absolute atomic E-state index is 9.15. The van der Waals surface area contributed by atoms with E-state index in [0.29, 0.717) is 5.56 Å². The van der Waals surface area contributed by atoms with Crippen molar-refractivity contribution in [1.29, 1.82) is 5.26 Å². The van der Waals surface area contributed by atoms with Crippen LogP contribution in [0.4, 0.5) is 0 Å². The number of nitriles is 1. The molecule has 0 N–H and O–H groups in total. The Morgan fingerprint density at radius 3 is 1.29 bits per heavy atom. The lowest BCUT2D eigenvalue weighted by Crippen LogP contribution is -2.32. The van der Waals surface area contributed by atoms with Crippen molar-refractivity contribution in [1.82, 2.24) is 0 Å². The fraction of sp³-hybridized carbons (Fsp3) is 0.0385. The van der Waals surface area contributed by atoms with Gasteiger partial charge in [-0.05, 0) is 40.9 Å². The van der Waals surface area contributed by atoms with Crippen LogP contribution in [0.25, 0.3) is 0 Å². The normalized spacial score (nSPS) is 11.0. The number of benzene rings is 4. The van der Waals surface area contributed by atoms with E-state index in [1.807, 2.05) is 12.1 Å². The summed E-state index contributed by atoms with van der Waals surface area (Å²) in [5.74, 6) is 0. The van der Waals surface area contributed by atoms with Crippen LogP contribution < -0.4 is 15.9 Å². The molecule has 1 nitrogen and oxygen atoms in total. The Bertz CT molecular complexity index is 969. The van der Waals surface area contributed by atoms with Gasteiger partial charge in [0.05, 0.1) is 11.6 Å². The molecule has 0 spiro atoms. The molecule has 0 amide bonds. The van der Waals surface area contributed by atoms with E-state index in [4.69, 9.17) is 5.26 Å². The third kappa shape index (κ3) is 3.48. The summed E-state index contributed by atoms with van der Waals surface area (Å²) in [5, 5.41) is 13.3. The fourth-order valence-electron chi connectivity index (χ4n) is 3.73. The number of rotatable bonds is 5. The Hall–Kier alpha value is -3.20. The smallest absolute Gasteiger partial charge is 0.0991 e. The molecule has 0 aliphatic rings. The van der Waals surface area contributed by atoms with E-state index in [1.54, 1.807) is 0 Å². The molecule has 0 saturated carbocycles. The Morgan fingerprint density at radius 1 is 0.536 bits per heavy atom. The summed E-state index contributed by atoms with van der Waals surface area (Å²) < 4.78 is 0. The van der Waals surface area contributed by atoms with Gasteiger partial charge in [0.15, 0.2) is 0 Å². The van der Waals surface area contributed by atoms with Gasteiger partial charge in [-0.15, -0.1) is 0 Å². The van der Waals surface area contributed by atoms with Crippen LogP contribution in [0.1, 0.15) is 11.1 Å². The first-order valence-corrected chi connectivity index (χ1v) is 11.3. The summed E-state index contributed by atoms with van der Waals surface area (Å²) in [6.07, 6.45) is 0.927. The molecule has 0 heterocycles. The van der Waals surface area contributed by atoms with Gasteiger partial charge in [-0.2, -0.15) is 5.26 Å². The van der Waals surface area contributed by atoms with Crippen LogP contribution in [-0.4, -0.2) is 0 Å². The second-order valence-corrected chi connectivity index (χ2v) is 10.3. The van der Waals surface area contributed by atoms with E-state index in [2.05, 4.69) is 109 Å². The highest BCUT2D eigenvalue weighted by Gasteiger charge is 2.33. The first kappa shape index (κ1) is 18.2. The van der Waals surface area contributed by atoms with E-state index in [9.17, 15) is 0 Å². The highest BCUT2D eigenvalue weighted by Crippen LogP contribution is 2.58. The monoisotopic (exact) mass is 378 g/mol. The molecule has 4 aromatic rings. The molecule has 28 heavy (non-hydrogen) atoms. The SMILES string of the molecule is N#Cc1ccc(C[P](c2ccccc2)(c2ccccc2)c2ccccc2)cc1. The summed E-state index contributed by atoms with van der Waals surface area (Å²) in [4.78, 5) is 0. The van der Waals surface area contributed by atoms with Crippen LogP contribution in [0.5, 0.6) is 0 Å². The van der Waals surface area contributed by atoms with E-state index < -0.39 is 7.26 Å². The first-order valence-electron chi connectivity index (χ1n) is 9.37. The molecule has 0 aliphatic heterocycles. The minimum absolute atomic E-state index is 0.701. The topological polar surface area (TPSA) is 23.8 Å². The van der Waals surface area contributed by atoms with Crippen LogP contribution in [-0.2, 0) is 6.16 Å². The molecule has 0 saturated heterocycles. The van der Waals surface area contributed by atoms with Crippen LogP contribution in [0, 0.1) is 11.3 Å². The molecule has 0 atom stereocenters. The largest absolute Gasteiger partial charge is 0.192 e. The molecule has 4 aromatic carbocycles. The van der Waals surface area contributed by atoms with Crippen LogP contribution >= 0.6 is 7.26 Å². The lowest BCUT2D eigenvalue weighted by molar-refractivity contribution is 1.37. The quantitative estimate of drug-likeness (QED) is 0.446. The second-order valence-electron chi connectivity index (χ2n) is 6.78. The molecular formula is C26H21NP. The van der Waals surface area contributed by atoms with Gasteiger partial charge >= 0.3 is 0 Å². The molecule has 0 bridgehead atoms. The third-order valence-electron chi connectivity index (χ3n) is 5.09. The van der Waals surface area contributed by atoms with Crippen molar-refractivity contribution in [2.24, 2.45) is 0 Å². The van der Waals surface area contributed by atoms with Gasteiger partial charge in [0, 0.05) is 6.16 Å². The molecule has 0 fully saturated rings. The zero-order valence-corrected chi connectivity index (χ0v) is 16.5. The first-order chi connectivity index (χ1) is 13.8. The fourth-order valence-corrected chi connectivity index (χ4v) is 7.97. The third-order valence-corrected chi connectivity index (χ3v) is 9.47. The lowest BCUT2D eigenvalue weighted by Gasteiger charge is -2.38. The summed E-state index contributed by atoms with van der Waals surface area (Å²) in [6, 6.07) is 42.9. The van der Waals surface area contributed by atoms with Gasteiger partial charge in [0.2, 0.25) is 0 Å². The van der Waals surface area contributed by atoms with Crippen molar-refractivity contribution in [2.75, 3.05) is 0 Å². The highest BCUT2D eigenvalue weighted by molar-refractivity contribution is 7.95. The number of nitrogens with zero attached hydrogens (tertiary/aromatic N) is 1. The minimum Gasteiger partial charge on any atom is -0.192 e. The Kier molecular flexibility index (Phi) is 5.34. The molecule has 1 radical (unpaired) electrons. The van der Waals surface area contributed by atoms with Crippen molar-refractivity contribution in [3.8, 4) is 6.07 Å². The van der Waals surface area contributed by atoms with E-state index in [0.717, 1.165) is 6.16 Å². The standard InChI is InChI=1S/C26H21NP/c27-20-22-16-18-23(19-17-22)21-28(24-10-4-1-5-11-24,25-12-6-2-7-13-25)26-14-8-3-9-15-26/h1-19H,21H2. The number of hydrogen-bond donors (Lipinski definition) is 0. The van der Waals surface area contributed by atoms with E-state index >= 15 is 0 Å². The molecule has 4 rings (SSSR count). The molecule has 0 aromatic heterocycles. The summed E-state index contributed by atoms with van der Waals surface area (Å²) in [5.41, 5.74) is 1.95. The summed E-state index contributed by atoms with van der Waals surface area (Å²) >= 11 is 0. The van der Waals surface area contributed by atoms with Crippen LogP contribution in [0.3, 0.4) is 0 Å². The second kappa shape index (κ2) is 8.22. The molecule has 0 unspecified atom stereocenters. The number of hydrogen-bond acceptors (Lipinski definition) is 1. The zero-order valence-electron chi connectivity index (χ0n) is 15.6. The van der Waals surface area contributed by atoms with Crippen molar-refractivity contribution < 1.29 is 0 Å². The predicted molar refractivity (Wildman–Crippen MR) is 120 cm³/mol. The van der Waals surface area contributed by atoms with Gasteiger partial charge in [-0.25, -0.2) is 0 Å². The Balaban J connectivity index is 1.96. The summed E-state index contributed by atoms with van der Waals surface area (Å²) in [6.45, 7) is 0. The van der Waals surface area contributed by atoms with Gasteiger partial charge in [0.1, 0.15) is 0 Å². The maximum atomic E-state index is 9.15. The van der Waals surface area contributed by atoms with Crippen LogP contribution in [0.15, 0.2) is 115 Å². The van der Waals surface area contributed by atoms with Crippen molar-refractivity contribution >= 4 is 23.2 Å². The lowest BCUT2D eigenvalue weighted by atomic mass is 10.2. The molecular weight excluding hydrogens is 357 g/mol. The zero-order chi connectivity index (χ0) is 19.2.